The fourth-order valence-corrected chi connectivity index (χ4v) is 3.57. The Labute approximate surface area is 108 Å². The molecule has 0 atom stereocenters. The maximum absolute atomic E-state index is 11.2. The van der Waals surface area contributed by atoms with E-state index in [1.807, 2.05) is 23.9 Å². The van der Waals surface area contributed by atoms with Gasteiger partial charge in [0.2, 0.25) is 0 Å². The van der Waals surface area contributed by atoms with Gasteiger partial charge in [0.15, 0.2) is 5.78 Å². The molecule has 0 aromatic heterocycles. The minimum atomic E-state index is 0.149. The van der Waals surface area contributed by atoms with Gasteiger partial charge >= 0.3 is 0 Å². The number of hydrogen-bond acceptors (Lipinski definition) is 2. The first-order valence-corrected chi connectivity index (χ1v) is 7.41. The Morgan fingerprint density at radius 1 is 1.06 bits per heavy atom. The Hall–Kier alpha value is -0.760. The molecule has 2 heteroatoms. The van der Waals surface area contributed by atoms with Crippen molar-refractivity contribution < 1.29 is 4.79 Å². The zero-order chi connectivity index (χ0) is 12.1. The molecule has 0 amide bonds. The van der Waals surface area contributed by atoms with Crippen LogP contribution in [-0.2, 0) is 0 Å². The number of Topliss-reactive ketones (excluding diaryl/α,β-unsaturated/α-hetero) is 1. The van der Waals surface area contributed by atoms with Crippen LogP contribution in [0.5, 0.6) is 0 Å². The van der Waals surface area contributed by atoms with E-state index in [1.54, 1.807) is 6.92 Å². The maximum Gasteiger partial charge on any atom is 0.159 e. The van der Waals surface area contributed by atoms with Gasteiger partial charge in [-0.15, -0.1) is 11.8 Å². The second kappa shape index (κ2) is 6.25. The predicted octanol–water partition coefficient (Wildman–Crippen LogP) is 4.70. The SMILES string of the molecule is CC(=O)c1ccc(SC2CCCCCC2)cc1. The summed E-state index contributed by atoms with van der Waals surface area (Å²) in [6.45, 7) is 1.62. The Balaban J connectivity index is 1.95. The number of benzene rings is 1. The summed E-state index contributed by atoms with van der Waals surface area (Å²) in [5.41, 5.74) is 0.815. The molecular weight excluding hydrogens is 228 g/mol. The number of carbonyl (C=O) groups is 1. The van der Waals surface area contributed by atoms with Crippen molar-refractivity contribution in [1.29, 1.82) is 0 Å². The fourth-order valence-electron chi connectivity index (χ4n) is 2.32. The summed E-state index contributed by atoms with van der Waals surface area (Å²) in [7, 11) is 0. The van der Waals surface area contributed by atoms with E-state index >= 15 is 0 Å². The number of ketones is 1. The second-order valence-electron chi connectivity index (χ2n) is 4.81. The monoisotopic (exact) mass is 248 g/mol. The molecular formula is C15H20OS. The molecule has 1 nitrogen and oxygen atoms in total. The van der Waals surface area contributed by atoms with Crippen LogP contribution in [-0.4, -0.2) is 11.0 Å². The average Bonchev–Trinajstić information content (AvgIpc) is 2.58. The summed E-state index contributed by atoms with van der Waals surface area (Å²) >= 11 is 1.99. The third-order valence-corrected chi connectivity index (χ3v) is 4.71. The van der Waals surface area contributed by atoms with Crippen molar-refractivity contribution in [2.45, 2.75) is 55.6 Å². The van der Waals surface area contributed by atoms with Crippen molar-refractivity contribution in [2.24, 2.45) is 0 Å². The van der Waals surface area contributed by atoms with E-state index in [9.17, 15) is 4.79 Å². The van der Waals surface area contributed by atoms with Crippen molar-refractivity contribution in [1.82, 2.24) is 0 Å². The molecule has 0 bridgehead atoms. The van der Waals surface area contributed by atoms with Gasteiger partial charge in [-0.3, -0.25) is 4.79 Å². The predicted molar refractivity (Wildman–Crippen MR) is 73.8 cm³/mol. The summed E-state index contributed by atoms with van der Waals surface area (Å²) < 4.78 is 0. The van der Waals surface area contributed by atoms with Crippen LogP contribution in [0, 0.1) is 0 Å². The lowest BCUT2D eigenvalue weighted by atomic mass is 10.2. The van der Waals surface area contributed by atoms with Crippen molar-refractivity contribution in [2.75, 3.05) is 0 Å². The molecule has 0 spiro atoms. The van der Waals surface area contributed by atoms with Gasteiger partial charge in [-0.25, -0.2) is 0 Å². The summed E-state index contributed by atoms with van der Waals surface area (Å²) in [6, 6.07) is 8.07. The van der Waals surface area contributed by atoms with Gasteiger partial charge in [0.05, 0.1) is 0 Å². The quantitative estimate of drug-likeness (QED) is 0.569. The Kier molecular flexibility index (Phi) is 4.66. The summed E-state index contributed by atoms with van der Waals surface area (Å²) in [4.78, 5) is 12.5. The standard InChI is InChI=1S/C15H20OS/c1-12(16)13-8-10-15(11-9-13)17-14-6-4-2-3-5-7-14/h8-11,14H,2-7H2,1H3. The highest BCUT2D eigenvalue weighted by Crippen LogP contribution is 2.32. The zero-order valence-electron chi connectivity index (χ0n) is 10.4. The number of carbonyl (C=O) groups excluding carboxylic acids is 1. The average molecular weight is 248 g/mol. The van der Waals surface area contributed by atoms with E-state index in [-0.39, 0.29) is 5.78 Å². The first kappa shape index (κ1) is 12.7. The molecule has 0 N–H and O–H groups in total. The van der Waals surface area contributed by atoms with Gasteiger partial charge in [-0.2, -0.15) is 0 Å². The van der Waals surface area contributed by atoms with Crippen LogP contribution in [0.4, 0.5) is 0 Å². The molecule has 1 aliphatic carbocycles. The first-order valence-electron chi connectivity index (χ1n) is 6.53. The van der Waals surface area contributed by atoms with Gasteiger partial charge in [0.25, 0.3) is 0 Å². The molecule has 0 saturated heterocycles. The van der Waals surface area contributed by atoms with Crippen LogP contribution in [0.1, 0.15) is 55.8 Å². The lowest BCUT2D eigenvalue weighted by molar-refractivity contribution is 0.101. The third-order valence-electron chi connectivity index (χ3n) is 3.37. The van der Waals surface area contributed by atoms with Gasteiger partial charge in [0, 0.05) is 15.7 Å². The second-order valence-corrected chi connectivity index (χ2v) is 6.19. The van der Waals surface area contributed by atoms with E-state index in [1.165, 1.54) is 43.4 Å². The summed E-state index contributed by atoms with van der Waals surface area (Å²) in [5, 5.41) is 0.778. The lowest BCUT2D eigenvalue weighted by Crippen LogP contribution is -2.00. The molecule has 2 rings (SSSR count). The smallest absolute Gasteiger partial charge is 0.159 e. The van der Waals surface area contributed by atoms with Gasteiger partial charge < -0.3 is 0 Å². The molecule has 1 aromatic carbocycles. The van der Waals surface area contributed by atoms with Crippen LogP contribution in [0.3, 0.4) is 0 Å². The van der Waals surface area contributed by atoms with E-state index in [2.05, 4.69) is 12.1 Å². The largest absolute Gasteiger partial charge is 0.295 e. The lowest BCUT2D eigenvalue weighted by Gasteiger charge is -2.13. The van der Waals surface area contributed by atoms with E-state index in [0.717, 1.165) is 10.8 Å². The van der Waals surface area contributed by atoms with Crippen molar-refractivity contribution in [3.05, 3.63) is 29.8 Å². The topological polar surface area (TPSA) is 17.1 Å². The van der Waals surface area contributed by atoms with E-state index in [0.29, 0.717) is 0 Å². The highest BCUT2D eigenvalue weighted by atomic mass is 32.2. The minimum absolute atomic E-state index is 0.149. The number of thioether (sulfide) groups is 1. The van der Waals surface area contributed by atoms with Crippen molar-refractivity contribution in [3.63, 3.8) is 0 Å². The van der Waals surface area contributed by atoms with Gasteiger partial charge in [0.1, 0.15) is 0 Å². The summed E-state index contributed by atoms with van der Waals surface area (Å²) in [5.74, 6) is 0.149. The van der Waals surface area contributed by atoms with E-state index in [4.69, 9.17) is 0 Å². The number of hydrogen-bond donors (Lipinski definition) is 0. The van der Waals surface area contributed by atoms with Gasteiger partial charge in [-0.05, 0) is 31.9 Å². The molecule has 0 unspecified atom stereocenters. The fraction of sp³-hybridized carbons (Fsp3) is 0.533. The highest BCUT2D eigenvalue weighted by molar-refractivity contribution is 8.00. The van der Waals surface area contributed by atoms with Gasteiger partial charge in [-0.1, -0.05) is 37.8 Å². The van der Waals surface area contributed by atoms with Crippen LogP contribution >= 0.6 is 11.8 Å². The van der Waals surface area contributed by atoms with Crippen LogP contribution in [0.25, 0.3) is 0 Å². The Morgan fingerprint density at radius 3 is 2.18 bits per heavy atom. The molecule has 1 aliphatic rings. The highest BCUT2D eigenvalue weighted by Gasteiger charge is 2.13. The minimum Gasteiger partial charge on any atom is -0.295 e. The maximum atomic E-state index is 11.2. The molecule has 0 aliphatic heterocycles. The molecule has 0 radical (unpaired) electrons. The molecule has 0 heterocycles. The van der Waals surface area contributed by atoms with Crippen LogP contribution in [0.15, 0.2) is 29.2 Å². The van der Waals surface area contributed by atoms with Crippen LogP contribution in [0.2, 0.25) is 0 Å². The molecule has 1 fully saturated rings. The first-order chi connectivity index (χ1) is 8.25. The summed E-state index contributed by atoms with van der Waals surface area (Å²) in [6.07, 6.45) is 8.26. The number of rotatable bonds is 3. The molecule has 1 aromatic rings. The van der Waals surface area contributed by atoms with Crippen molar-refractivity contribution in [3.8, 4) is 0 Å². The Bertz CT molecular complexity index is 361. The third kappa shape index (κ3) is 3.88. The normalized spacial score (nSPS) is 17.7. The van der Waals surface area contributed by atoms with E-state index < -0.39 is 0 Å². The zero-order valence-corrected chi connectivity index (χ0v) is 11.3. The molecule has 92 valence electrons. The Morgan fingerprint density at radius 2 is 1.65 bits per heavy atom. The van der Waals surface area contributed by atoms with Crippen molar-refractivity contribution >= 4 is 17.5 Å². The molecule has 1 saturated carbocycles. The van der Waals surface area contributed by atoms with Crippen LogP contribution < -0.4 is 0 Å². The molecule has 17 heavy (non-hydrogen) atoms.